The van der Waals surface area contributed by atoms with E-state index in [1.165, 1.54) is 6.92 Å². The summed E-state index contributed by atoms with van der Waals surface area (Å²) in [5.41, 5.74) is 0. The lowest BCUT2D eigenvalue weighted by Gasteiger charge is -2.08. The summed E-state index contributed by atoms with van der Waals surface area (Å²) >= 11 is 0. The Morgan fingerprint density at radius 1 is 1.00 bits per heavy atom. The second kappa shape index (κ2) is 5.29. The van der Waals surface area contributed by atoms with E-state index in [2.05, 4.69) is 8.37 Å². The van der Waals surface area contributed by atoms with E-state index < -0.39 is 38.1 Å². The lowest BCUT2D eigenvalue weighted by atomic mass is 10.7. The van der Waals surface area contributed by atoms with E-state index in [4.69, 9.17) is 0 Å². The van der Waals surface area contributed by atoms with Gasteiger partial charge >= 0.3 is 6.18 Å². The lowest BCUT2D eigenvalue weighted by molar-refractivity contribution is -0.152. The van der Waals surface area contributed by atoms with Gasteiger partial charge in [-0.1, -0.05) is 0 Å². The van der Waals surface area contributed by atoms with Gasteiger partial charge in [-0.15, -0.1) is 0 Å². The first-order chi connectivity index (χ1) is 6.97. The van der Waals surface area contributed by atoms with Gasteiger partial charge in [0.1, 0.15) is 0 Å². The molecule has 0 atom stereocenters. The van der Waals surface area contributed by atoms with Crippen molar-refractivity contribution in [1.82, 2.24) is 0 Å². The van der Waals surface area contributed by atoms with Crippen LogP contribution in [0.1, 0.15) is 6.92 Å². The Labute approximate surface area is 90.6 Å². The quantitative estimate of drug-likeness (QED) is 0.649. The van der Waals surface area contributed by atoms with Crippen molar-refractivity contribution in [3.05, 3.63) is 0 Å². The second-order valence-corrected chi connectivity index (χ2v) is 6.16. The summed E-state index contributed by atoms with van der Waals surface area (Å²) in [7, 11) is -9.26. The molecular formula is C5H9F3O6S2. The van der Waals surface area contributed by atoms with Gasteiger partial charge in [0.15, 0.2) is 6.61 Å². The predicted octanol–water partition coefficient (Wildman–Crippen LogP) is 0.219. The molecule has 0 spiro atoms. The monoisotopic (exact) mass is 286 g/mol. The van der Waals surface area contributed by atoms with Crippen LogP contribution in [0, 0.1) is 0 Å². The van der Waals surface area contributed by atoms with Gasteiger partial charge in [-0.05, 0) is 6.92 Å². The molecule has 0 aliphatic rings. The van der Waals surface area contributed by atoms with Crippen LogP contribution in [0.15, 0.2) is 0 Å². The number of hydrogen-bond acceptors (Lipinski definition) is 6. The average molecular weight is 286 g/mol. The Kier molecular flexibility index (Phi) is 5.16. The fourth-order valence-corrected chi connectivity index (χ4v) is 3.21. The highest BCUT2D eigenvalue weighted by Gasteiger charge is 2.33. The van der Waals surface area contributed by atoms with Crippen LogP contribution in [-0.4, -0.2) is 41.3 Å². The molecule has 0 fully saturated rings. The molecule has 0 saturated carbocycles. The van der Waals surface area contributed by atoms with Crippen LogP contribution in [-0.2, 0) is 28.6 Å². The molecule has 0 saturated heterocycles. The van der Waals surface area contributed by atoms with Gasteiger partial charge in [0.05, 0.1) is 6.61 Å². The highest BCUT2D eigenvalue weighted by Crippen LogP contribution is 2.16. The number of alkyl halides is 3. The molecule has 16 heavy (non-hydrogen) atoms. The van der Waals surface area contributed by atoms with Crippen molar-refractivity contribution in [1.29, 1.82) is 0 Å². The number of rotatable bonds is 6. The van der Waals surface area contributed by atoms with Crippen LogP contribution in [0.3, 0.4) is 0 Å². The van der Waals surface area contributed by atoms with Crippen LogP contribution in [0.2, 0.25) is 0 Å². The smallest absolute Gasteiger partial charge is 0.270 e. The van der Waals surface area contributed by atoms with E-state index in [1.807, 2.05) is 0 Å². The Hall–Kier alpha value is -0.390. The molecule has 0 aliphatic carbocycles. The van der Waals surface area contributed by atoms with Crippen molar-refractivity contribution < 1.29 is 38.4 Å². The van der Waals surface area contributed by atoms with Gasteiger partial charge in [0.2, 0.25) is 5.08 Å². The highest BCUT2D eigenvalue weighted by molar-refractivity contribution is 8.03. The lowest BCUT2D eigenvalue weighted by Crippen LogP contribution is -2.25. The first kappa shape index (κ1) is 15.6. The van der Waals surface area contributed by atoms with E-state index in [1.54, 1.807) is 0 Å². The van der Waals surface area contributed by atoms with E-state index in [0.717, 1.165) is 0 Å². The van der Waals surface area contributed by atoms with E-state index in [0.29, 0.717) is 0 Å². The maximum Gasteiger partial charge on any atom is 0.413 e. The molecule has 0 aromatic carbocycles. The standard InChI is InChI=1S/C5H9F3O6S2/c1-2-13-15(9,10)4-16(11,12)14-3-5(6,7)8/h2-4H2,1H3. The van der Waals surface area contributed by atoms with E-state index >= 15 is 0 Å². The van der Waals surface area contributed by atoms with Crippen LogP contribution in [0.4, 0.5) is 13.2 Å². The summed E-state index contributed by atoms with van der Waals surface area (Å²) in [4.78, 5) is 0. The molecule has 11 heteroatoms. The van der Waals surface area contributed by atoms with E-state index in [-0.39, 0.29) is 6.61 Å². The molecule has 0 aliphatic heterocycles. The zero-order valence-corrected chi connectivity index (χ0v) is 9.65. The molecule has 0 heterocycles. The Bertz CT molecular complexity index is 408. The fraction of sp³-hybridized carbons (Fsp3) is 1.00. The molecule has 0 amide bonds. The van der Waals surface area contributed by atoms with Crippen LogP contribution < -0.4 is 0 Å². The summed E-state index contributed by atoms with van der Waals surface area (Å²) in [6.07, 6.45) is -4.86. The third kappa shape index (κ3) is 7.84. The molecule has 0 unspecified atom stereocenters. The van der Waals surface area contributed by atoms with Gasteiger partial charge in [-0.25, -0.2) is 0 Å². The third-order valence-corrected chi connectivity index (χ3v) is 4.37. The average Bonchev–Trinajstić information content (AvgIpc) is 1.97. The zero-order chi connectivity index (χ0) is 13.0. The summed E-state index contributed by atoms with van der Waals surface area (Å²) in [5, 5.41) is -1.65. The molecular weight excluding hydrogens is 277 g/mol. The Morgan fingerprint density at radius 2 is 1.44 bits per heavy atom. The molecule has 0 radical (unpaired) electrons. The topological polar surface area (TPSA) is 86.7 Å². The molecule has 0 bridgehead atoms. The Morgan fingerprint density at radius 3 is 1.81 bits per heavy atom. The largest absolute Gasteiger partial charge is 0.413 e. The minimum absolute atomic E-state index is 0.322. The SMILES string of the molecule is CCOS(=O)(=O)CS(=O)(=O)OCC(F)(F)F. The first-order valence-electron chi connectivity index (χ1n) is 3.78. The normalized spacial score (nSPS) is 14.0. The summed E-state index contributed by atoms with van der Waals surface area (Å²) in [5.74, 6) is 0. The van der Waals surface area contributed by atoms with E-state index in [9.17, 15) is 30.0 Å². The Balaban J connectivity index is 4.49. The molecule has 98 valence electrons. The van der Waals surface area contributed by atoms with Crippen LogP contribution >= 0.6 is 0 Å². The number of halogens is 3. The maximum absolute atomic E-state index is 11.6. The van der Waals surface area contributed by atoms with Gasteiger partial charge in [0.25, 0.3) is 20.2 Å². The van der Waals surface area contributed by atoms with Crippen molar-refractivity contribution in [2.75, 3.05) is 18.3 Å². The number of hydrogen-bond donors (Lipinski definition) is 0. The predicted molar refractivity (Wildman–Crippen MR) is 46.3 cm³/mol. The minimum Gasteiger partial charge on any atom is -0.270 e. The third-order valence-electron chi connectivity index (χ3n) is 0.988. The van der Waals surface area contributed by atoms with Gasteiger partial charge in [0, 0.05) is 0 Å². The van der Waals surface area contributed by atoms with Crippen molar-refractivity contribution in [3.63, 3.8) is 0 Å². The summed E-state index contributed by atoms with van der Waals surface area (Å²) < 4.78 is 85.5. The maximum atomic E-state index is 11.6. The van der Waals surface area contributed by atoms with Gasteiger partial charge in [-0.3, -0.25) is 8.37 Å². The van der Waals surface area contributed by atoms with Gasteiger partial charge in [-0.2, -0.15) is 30.0 Å². The van der Waals surface area contributed by atoms with Gasteiger partial charge < -0.3 is 0 Å². The van der Waals surface area contributed by atoms with Crippen molar-refractivity contribution in [2.45, 2.75) is 13.1 Å². The molecule has 0 aromatic rings. The fourth-order valence-electron chi connectivity index (χ4n) is 0.581. The van der Waals surface area contributed by atoms with Crippen molar-refractivity contribution in [3.8, 4) is 0 Å². The highest BCUT2D eigenvalue weighted by atomic mass is 32.3. The van der Waals surface area contributed by atoms with Crippen LogP contribution in [0.25, 0.3) is 0 Å². The molecule has 0 rings (SSSR count). The second-order valence-electron chi connectivity index (χ2n) is 2.52. The molecule has 0 N–H and O–H groups in total. The molecule has 6 nitrogen and oxygen atoms in total. The molecule has 0 aromatic heterocycles. The minimum atomic E-state index is -4.86. The summed E-state index contributed by atoms with van der Waals surface area (Å²) in [6.45, 7) is -1.12. The summed E-state index contributed by atoms with van der Waals surface area (Å²) in [6, 6.07) is 0. The first-order valence-corrected chi connectivity index (χ1v) is 6.94. The van der Waals surface area contributed by atoms with Crippen LogP contribution in [0.5, 0.6) is 0 Å². The zero-order valence-electron chi connectivity index (χ0n) is 8.02. The van der Waals surface area contributed by atoms with Crippen molar-refractivity contribution >= 4 is 20.2 Å². The van der Waals surface area contributed by atoms with Crippen molar-refractivity contribution in [2.24, 2.45) is 0 Å².